The van der Waals surface area contributed by atoms with Crippen molar-refractivity contribution in [3.05, 3.63) is 46.5 Å². The molecule has 1 unspecified atom stereocenters. The zero-order chi connectivity index (χ0) is 13.9. The van der Waals surface area contributed by atoms with E-state index in [4.69, 9.17) is 4.42 Å². The van der Waals surface area contributed by atoms with Crippen molar-refractivity contribution < 1.29 is 9.21 Å². The van der Waals surface area contributed by atoms with Gasteiger partial charge in [-0.1, -0.05) is 0 Å². The summed E-state index contributed by atoms with van der Waals surface area (Å²) >= 11 is 1.80. The smallest absolute Gasteiger partial charge is 0.323 e. The maximum absolute atomic E-state index is 12.3. The van der Waals surface area contributed by atoms with E-state index < -0.39 is 0 Å². The highest BCUT2D eigenvalue weighted by Gasteiger charge is 2.24. The fraction of sp³-hybridized carbons (Fsp3) is 0.385. The molecule has 3 heterocycles. The quantitative estimate of drug-likeness (QED) is 0.881. The van der Waals surface area contributed by atoms with Gasteiger partial charge in [0.2, 0.25) is 0 Å². The van der Waals surface area contributed by atoms with Gasteiger partial charge in [0.25, 0.3) is 5.91 Å². The van der Waals surface area contributed by atoms with Crippen LogP contribution in [-0.4, -0.2) is 39.6 Å². The minimum Gasteiger partial charge on any atom is -0.468 e. The maximum Gasteiger partial charge on any atom is 0.323 e. The summed E-state index contributed by atoms with van der Waals surface area (Å²) in [5.41, 5.74) is -0.0394. The van der Waals surface area contributed by atoms with Crippen LogP contribution in [0, 0.1) is 0 Å². The Balaban J connectivity index is 1.68. The lowest BCUT2D eigenvalue weighted by Crippen LogP contribution is -2.33. The fourth-order valence-electron chi connectivity index (χ4n) is 2.29. The van der Waals surface area contributed by atoms with Gasteiger partial charge >= 0.3 is 5.69 Å². The van der Waals surface area contributed by atoms with Crippen LogP contribution in [0.25, 0.3) is 0 Å². The van der Waals surface area contributed by atoms with Gasteiger partial charge in [0.1, 0.15) is 11.5 Å². The van der Waals surface area contributed by atoms with Crippen LogP contribution in [0.5, 0.6) is 0 Å². The first kappa shape index (κ1) is 13.1. The third kappa shape index (κ3) is 2.67. The lowest BCUT2D eigenvalue weighted by atomic mass is 10.2. The summed E-state index contributed by atoms with van der Waals surface area (Å²) in [5.74, 6) is 1.68. The number of hydrogen-bond donors (Lipinski definition) is 2. The van der Waals surface area contributed by atoms with E-state index in [0.29, 0.717) is 18.8 Å². The maximum atomic E-state index is 12.3. The molecule has 3 rings (SSSR count). The number of rotatable bonds is 2. The van der Waals surface area contributed by atoms with E-state index in [1.54, 1.807) is 22.9 Å². The van der Waals surface area contributed by atoms with Gasteiger partial charge in [0.15, 0.2) is 0 Å². The molecule has 0 spiro atoms. The summed E-state index contributed by atoms with van der Waals surface area (Å²) in [6.45, 7) is 1.33. The Kier molecular flexibility index (Phi) is 3.68. The Hall–Kier alpha value is -1.89. The molecular formula is C13H15N3O3S. The highest BCUT2D eigenvalue weighted by molar-refractivity contribution is 7.99. The van der Waals surface area contributed by atoms with E-state index in [1.165, 1.54) is 6.20 Å². The van der Waals surface area contributed by atoms with Gasteiger partial charge in [-0.2, -0.15) is 0 Å². The monoisotopic (exact) mass is 293 g/mol. The van der Waals surface area contributed by atoms with Crippen LogP contribution < -0.4 is 5.69 Å². The molecule has 1 aliphatic heterocycles. The Morgan fingerprint density at radius 3 is 3.05 bits per heavy atom. The first-order chi connectivity index (χ1) is 9.74. The molecule has 7 heteroatoms. The van der Waals surface area contributed by atoms with Crippen LogP contribution >= 0.6 is 11.8 Å². The Morgan fingerprint density at radius 1 is 1.45 bits per heavy atom. The molecule has 2 N–H and O–H groups in total. The number of carbonyl (C=O) groups is 1. The average molecular weight is 293 g/mol. The summed E-state index contributed by atoms with van der Waals surface area (Å²) < 4.78 is 5.44. The van der Waals surface area contributed by atoms with Gasteiger partial charge in [0.05, 0.1) is 11.5 Å². The number of hydrogen-bond acceptors (Lipinski definition) is 4. The largest absolute Gasteiger partial charge is 0.468 e. The molecule has 6 nitrogen and oxygen atoms in total. The van der Waals surface area contributed by atoms with Crippen molar-refractivity contribution >= 4 is 17.7 Å². The molecule has 20 heavy (non-hydrogen) atoms. The molecule has 2 aromatic rings. The third-order valence-electron chi connectivity index (χ3n) is 3.32. The molecule has 0 aliphatic carbocycles. The van der Waals surface area contributed by atoms with Crippen molar-refractivity contribution in [3.8, 4) is 0 Å². The first-order valence-electron chi connectivity index (χ1n) is 6.46. The summed E-state index contributed by atoms with van der Waals surface area (Å²) in [7, 11) is 0. The summed E-state index contributed by atoms with van der Waals surface area (Å²) in [4.78, 5) is 30.1. The number of H-pyrrole nitrogens is 2. The molecule has 0 radical (unpaired) electrons. The molecule has 0 aromatic carbocycles. The molecule has 1 atom stereocenters. The van der Waals surface area contributed by atoms with Crippen molar-refractivity contribution in [2.24, 2.45) is 0 Å². The number of nitrogens with one attached hydrogen (secondary N) is 2. The van der Waals surface area contributed by atoms with Crippen molar-refractivity contribution in [1.82, 2.24) is 14.9 Å². The zero-order valence-electron chi connectivity index (χ0n) is 10.8. The van der Waals surface area contributed by atoms with Gasteiger partial charge < -0.3 is 19.3 Å². The van der Waals surface area contributed by atoms with Crippen LogP contribution in [0.1, 0.15) is 27.9 Å². The normalized spacial score (nSPS) is 19.8. The van der Waals surface area contributed by atoms with Crippen molar-refractivity contribution in [1.29, 1.82) is 0 Å². The molecule has 1 amide bonds. The molecule has 1 fully saturated rings. The van der Waals surface area contributed by atoms with Crippen molar-refractivity contribution in [2.45, 2.75) is 11.7 Å². The average Bonchev–Trinajstić information content (AvgIpc) is 3.05. The van der Waals surface area contributed by atoms with E-state index in [2.05, 4.69) is 9.97 Å². The molecule has 1 aliphatic rings. The van der Waals surface area contributed by atoms with Crippen LogP contribution in [0.15, 0.2) is 33.8 Å². The second kappa shape index (κ2) is 5.62. The first-order valence-corrected chi connectivity index (χ1v) is 7.51. The van der Waals surface area contributed by atoms with Crippen LogP contribution in [-0.2, 0) is 0 Å². The lowest BCUT2D eigenvalue weighted by Gasteiger charge is -2.18. The second-order valence-corrected chi connectivity index (χ2v) is 5.92. The topological polar surface area (TPSA) is 82.1 Å². The third-order valence-corrected chi connectivity index (χ3v) is 4.60. The van der Waals surface area contributed by atoms with E-state index in [-0.39, 0.29) is 16.8 Å². The van der Waals surface area contributed by atoms with Crippen molar-refractivity contribution in [2.75, 3.05) is 18.8 Å². The highest BCUT2D eigenvalue weighted by atomic mass is 32.2. The number of aromatic amines is 2. The van der Waals surface area contributed by atoms with Gasteiger partial charge in [0, 0.05) is 25.0 Å². The molecule has 106 valence electrons. The Bertz CT molecular complexity index is 631. The summed E-state index contributed by atoms with van der Waals surface area (Å²) in [5, 5.41) is 0.285. The van der Waals surface area contributed by atoms with E-state index in [1.807, 2.05) is 12.1 Å². The fourth-order valence-corrected chi connectivity index (χ4v) is 3.47. The molecule has 1 saturated heterocycles. The predicted molar refractivity (Wildman–Crippen MR) is 75.8 cm³/mol. The van der Waals surface area contributed by atoms with Crippen molar-refractivity contribution in [3.63, 3.8) is 0 Å². The number of nitrogens with zero attached hydrogens (tertiary/aromatic N) is 1. The zero-order valence-corrected chi connectivity index (χ0v) is 11.6. The minimum atomic E-state index is -0.356. The van der Waals surface area contributed by atoms with Gasteiger partial charge in [-0.15, -0.1) is 11.8 Å². The molecule has 0 saturated carbocycles. The standard InChI is InChI=1S/C13H15N3O3S/c17-12(9-8-14-13(18)15-9)16-4-3-11(20-7-5-16)10-2-1-6-19-10/h1-2,6,8,11H,3-5,7H2,(H2,14,15,18). The van der Waals surface area contributed by atoms with E-state index in [9.17, 15) is 9.59 Å². The molecule has 2 aromatic heterocycles. The number of thioether (sulfide) groups is 1. The number of furan rings is 1. The summed E-state index contributed by atoms with van der Waals surface area (Å²) in [6, 6.07) is 3.85. The predicted octanol–water partition coefficient (Wildman–Crippen LogP) is 1.62. The summed E-state index contributed by atoms with van der Waals surface area (Å²) in [6.07, 6.45) is 3.94. The highest BCUT2D eigenvalue weighted by Crippen LogP contribution is 2.34. The molecular weight excluding hydrogens is 278 g/mol. The van der Waals surface area contributed by atoms with Crippen LogP contribution in [0.3, 0.4) is 0 Å². The van der Waals surface area contributed by atoms with E-state index >= 15 is 0 Å². The van der Waals surface area contributed by atoms with Gasteiger partial charge in [-0.05, 0) is 18.6 Å². The minimum absolute atomic E-state index is 0.135. The Labute approximate surface area is 119 Å². The number of carbonyl (C=O) groups excluding carboxylic acids is 1. The van der Waals surface area contributed by atoms with Crippen LogP contribution in [0.2, 0.25) is 0 Å². The SMILES string of the molecule is O=C(c1c[nH]c(=O)[nH]1)N1CCSC(c2ccco2)CC1. The van der Waals surface area contributed by atoms with E-state index in [0.717, 1.165) is 17.9 Å². The number of aromatic nitrogens is 2. The molecule has 0 bridgehead atoms. The van der Waals surface area contributed by atoms with Gasteiger partial charge in [-0.25, -0.2) is 4.79 Å². The lowest BCUT2D eigenvalue weighted by molar-refractivity contribution is 0.0760. The number of imidazole rings is 1. The number of amides is 1. The second-order valence-electron chi connectivity index (χ2n) is 4.61. The Morgan fingerprint density at radius 2 is 2.35 bits per heavy atom. The van der Waals surface area contributed by atoms with Crippen LogP contribution in [0.4, 0.5) is 0 Å². The van der Waals surface area contributed by atoms with Gasteiger partial charge in [-0.3, -0.25) is 4.79 Å².